The number of piperidine rings is 1. The standard InChI is InChI=1S/C18H18N6O3/c25-13-3-1-11(2-4-13)14-7-15(21-20-14)18(26)23-6-5-17-16(9-23)24-12(10-27-17)8-19-22-24/h1-4,7-8,16-17,25H,5-6,9-10H2,(H,20,21)/t16-,17-/m0/s1. The number of carbonyl (C=O) groups is 1. The number of benzene rings is 1. The zero-order chi connectivity index (χ0) is 18.4. The summed E-state index contributed by atoms with van der Waals surface area (Å²) in [5.41, 5.74) is 2.86. The lowest BCUT2D eigenvalue weighted by Crippen LogP contribution is -2.50. The zero-order valence-electron chi connectivity index (χ0n) is 14.4. The summed E-state index contributed by atoms with van der Waals surface area (Å²) in [7, 11) is 0. The van der Waals surface area contributed by atoms with Crippen LogP contribution in [-0.4, -0.2) is 60.3 Å². The van der Waals surface area contributed by atoms with E-state index in [0.717, 1.165) is 17.7 Å². The van der Waals surface area contributed by atoms with Crippen LogP contribution in [0.3, 0.4) is 0 Å². The Morgan fingerprint density at radius 1 is 1.30 bits per heavy atom. The quantitative estimate of drug-likeness (QED) is 0.709. The van der Waals surface area contributed by atoms with E-state index in [0.29, 0.717) is 31.1 Å². The molecule has 9 nitrogen and oxygen atoms in total. The molecule has 0 bridgehead atoms. The highest BCUT2D eigenvalue weighted by Gasteiger charge is 2.38. The Balaban J connectivity index is 1.36. The number of nitrogens with one attached hydrogen (secondary N) is 1. The number of phenols is 1. The number of ether oxygens (including phenoxy) is 1. The first kappa shape index (κ1) is 16.0. The van der Waals surface area contributed by atoms with Crippen LogP contribution < -0.4 is 0 Å². The molecule has 0 radical (unpaired) electrons. The summed E-state index contributed by atoms with van der Waals surface area (Å²) in [6.45, 7) is 1.66. The summed E-state index contributed by atoms with van der Waals surface area (Å²) < 4.78 is 7.77. The number of likely N-dealkylation sites (tertiary alicyclic amines) is 1. The molecule has 9 heteroatoms. The van der Waals surface area contributed by atoms with Crippen molar-refractivity contribution in [3.05, 3.63) is 47.9 Å². The van der Waals surface area contributed by atoms with Gasteiger partial charge in [0.25, 0.3) is 5.91 Å². The van der Waals surface area contributed by atoms with Crippen molar-refractivity contribution in [3.63, 3.8) is 0 Å². The summed E-state index contributed by atoms with van der Waals surface area (Å²) in [5, 5.41) is 24.6. The Labute approximate surface area is 154 Å². The number of amides is 1. The van der Waals surface area contributed by atoms with E-state index in [9.17, 15) is 9.90 Å². The molecule has 5 rings (SSSR count). The molecule has 2 aromatic heterocycles. The highest BCUT2D eigenvalue weighted by Crippen LogP contribution is 2.30. The van der Waals surface area contributed by atoms with Crippen molar-refractivity contribution >= 4 is 5.91 Å². The Morgan fingerprint density at radius 2 is 2.15 bits per heavy atom. The summed E-state index contributed by atoms with van der Waals surface area (Å²) >= 11 is 0. The van der Waals surface area contributed by atoms with Gasteiger partial charge in [0.15, 0.2) is 0 Å². The molecule has 138 valence electrons. The number of rotatable bonds is 2. The Morgan fingerprint density at radius 3 is 3.00 bits per heavy atom. The minimum absolute atomic E-state index is 0.0200. The lowest BCUT2D eigenvalue weighted by molar-refractivity contribution is -0.0605. The van der Waals surface area contributed by atoms with Crippen LogP contribution >= 0.6 is 0 Å². The second kappa shape index (κ2) is 6.20. The van der Waals surface area contributed by atoms with Crippen LogP contribution in [0.1, 0.15) is 28.6 Å². The molecule has 1 fully saturated rings. The van der Waals surface area contributed by atoms with Crippen LogP contribution in [0, 0.1) is 0 Å². The van der Waals surface area contributed by atoms with E-state index in [-0.39, 0.29) is 23.8 Å². The summed E-state index contributed by atoms with van der Waals surface area (Å²) in [6.07, 6.45) is 2.52. The first-order valence-corrected chi connectivity index (χ1v) is 8.84. The number of aromatic hydroxyl groups is 1. The fraction of sp³-hybridized carbons (Fsp3) is 0.333. The van der Waals surface area contributed by atoms with Gasteiger partial charge in [0.2, 0.25) is 0 Å². The van der Waals surface area contributed by atoms with Gasteiger partial charge >= 0.3 is 0 Å². The third kappa shape index (κ3) is 2.76. The van der Waals surface area contributed by atoms with Crippen LogP contribution in [0.15, 0.2) is 36.5 Å². The van der Waals surface area contributed by atoms with E-state index >= 15 is 0 Å². The molecule has 0 saturated carbocycles. The third-order valence-electron chi connectivity index (χ3n) is 5.19. The van der Waals surface area contributed by atoms with Crippen molar-refractivity contribution < 1.29 is 14.6 Å². The number of carbonyl (C=O) groups excluding carboxylic acids is 1. The van der Waals surface area contributed by atoms with Gasteiger partial charge in [-0.15, -0.1) is 5.10 Å². The normalized spacial score (nSPS) is 21.6. The molecule has 27 heavy (non-hydrogen) atoms. The molecule has 0 aliphatic carbocycles. The van der Waals surface area contributed by atoms with Crippen LogP contribution in [0.4, 0.5) is 0 Å². The first-order chi connectivity index (χ1) is 13.2. The topological polar surface area (TPSA) is 109 Å². The zero-order valence-corrected chi connectivity index (χ0v) is 14.4. The van der Waals surface area contributed by atoms with Gasteiger partial charge < -0.3 is 14.7 Å². The monoisotopic (exact) mass is 366 g/mol. The molecule has 4 heterocycles. The second-order valence-electron chi connectivity index (χ2n) is 6.84. The third-order valence-corrected chi connectivity index (χ3v) is 5.19. The van der Waals surface area contributed by atoms with Crippen molar-refractivity contribution in [2.45, 2.75) is 25.2 Å². The van der Waals surface area contributed by atoms with Gasteiger partial charge in [-0.2, -0.15) is 5.10 Å². The van der Waals surface area contributed by atoms with E-state index < -0.39 is 0 Å². The number of phenolic OH excluding ortho intramolecular Hbond substituents is 1. The van der Waals surface area contributed by atoms with Gasteiger partial charge in [-0.05, 0) is 36.8 Å². The second-order valence-corrected chi connectivity index (χ2v) is 6.84. The molecule has 3 aromatic rings. The maximum absolute atomic E-state index is 13.0. The molecule has 2 N–H and O–H groups in total. The van der Waals surface area contributed by atoms with Crippen molar-refractivity contribution in [3.8, 4) is 17.0 Å². The molecule has 1 aromatic carbocycles. The number of nitrogens with zero attached hydrogens (tertiary/aromatic N) is 5. The minimum atomic E-state index is -0.0989. The van der Waals surface area contributed by atoms with Crippen molar-refractivity contribution in [2.24, 2.45) is 0 Å². The molecule has 2 aliphatic heterocycles. The van der Waals surface area contributed by atoms with Gasteiger partial charge in [0.05, 0.1) is 36.3 Å². The van der Waals surface area contributed by atoms with Crippen LogP contribution in [-0.2, 0) is 11.3 Å². The number of hydrogen-bond acceptors (Lipinski definition) is 6. The number of H-pyrrole nitrogens is 1. The Bertz CT molecular complexity index is 979. The summed E-state index contributed by atoms with van der Waals surface area (Å²) in [5.74, 6) is 0.0915. The van der Waals surface area contributed by atoms with Gasteiger partial charge in [0.1, 0.15) is 11.4 Å². The largest absolute Gasteiger partial charge is 0.508 e. The van der Waals surface area contributed by atoms with E-state index in [2.05, 4.69) is 20.5 Å². The average molecular weight is 366 g/mol. The molecule has 1 saturated heterocycles. The SMILES string of the molecule is O=C(c1cc(-c2ccc(O)cc2)n[nH]1)N1CC[C@@H]2OCc3cnnn3[C@H]2C1. The fourth-order valence-corrected chi connectivity index (χ4v) is 3.75. The van der Waals surface area contributed by atoms with Gasteiger partial charge in [-0.25, -0.2) is 4.68 Å². The van der Waals surface area contributed by atoms with E-state index in [1.165, 1.54) is 0 Å². The lowest BCUT2D eigenvalue weighted by atomic mass is 10.00. The van der Waals surface area contributed by atoms with E-state index in [4.69, 9.17) is 4.74 Å². The van der Waals surface area contributed by atoms with E-state index in [1.807, 2.05) is 4.68 Å². The van der Waals surface area contributed by atoms with Crippen LogP contribution in [0.5, 0.6) is 5.75 Å². The predicted octanol–water partition coefficient (Wildman–Crippen LogP) is 1.36. The lowest BCUT2D eigenvalue weighted by Gasteiger charge is -2.40. The first-order valence-electron chi connectivity index (χ1n) is 8.84. The maximum Gasteiger partial charge on any atom is 0.271 e. The number of aromatic nitrogens is 5. The smallest absolute Gasteiger partial charge is 0.271 e. The Kier molecular flexibility index (Phi) is 3.68. The van der Waals surface area contributed by atoms with Gasteiger partial charge in [-0.3, -0.25) is 9.89 Å². The number of aromatic amines is 1. The Hall–Kier alpha value is -3.20. The number of hydrogen-bond donors (Lipinski definition) is 2. The minimum Gasteiger partial charge on any atom is -0.508 e. The van der Waals surface area contributed by atoms with Gasteiger partial charge in [0, 0.05) is 18.7 Å². The van der Waals surface area contributed by atoms with Crippen LogP contribution in [0.25, 0.3) is 11.3 Å². The molecule has 0 spiro atoms. The van der Waals surface area contributed by atoms with Gasteiger partial charge in [-0.1, -0.05) is 5.21 Å². The van der Waals surface area contributed by atoms with Crippen molar-refractivity contribution in [1.29, 1.82) is 0 Å². The molecule has 1 amide bonds. The molecule has 0 unspecified atom stereocenters. The fourth-order valence-electron chi connectivity index (χ4n) is 3.75. The number of fused-ring (bicyclic) bond motifs is 3. The maximum atomic E-state index is 13.0. The van der Waals surface area contributed by atoms with Crippen molar-refractivity contribution in [2.75, 3.05) is 13.1 Å². The van der Waals surface area contributed by atoms with E-state index in [1.54, 1.807) is 41.4 Å². The highest BCUT2D eigenvalue weighted by atomic mass is 16.5. The molecule has 2 atom stereocenters. The summed E-state index contributed by atoms with van der Waals surface area (Å²) in [6, 6.07) is 8.42. The van der Waals surface area contributed by atoms with Crippen LogP contribution in [0.2, 0.25) is 0 Å². The molecular formula is C18H18N6O3. The molecular weight excluding hydrogens is 348 g/mol. The summed E-state index contributed by atoms with van der Waals surface area (Å²) in [4.78, 5) is 14.8. The highest BCUT2D eigenvalue weighted by molar-refractivity contribution is 5.93. The predicted molar refractivity (Wildman–Crippen MR) is 93.8 cm³/mol. The molecule has 2 aliphatic rings. The average Bonchev–Trinajstić information content (AvgIpc) is 3.37. The van der Waals surface area contributed by atoms with Crippen molar-refractivity contribution in [1.82, 2.24) is 30.1 Å².